The Morgan fingerprint density at radius 2 is 1.88 bits per heavy atom. The second-order valence-corrected chi connectivity index (χ2v) is 10.5. The van der Waals surface area contributed by atoms with Crippen LogP contribution in [0.1, 0.15) is 47.6 Å². The number of carbonyl (C=O) groups is 2. The maximum Gasteiger partial charge on any atom is 0.254 e. The highest BCUT2D eigenvalue weighted by Gasteiger charge is 2.34. The summed E-state index contributed by atoms with van der Waals surface area (Å²) in [5.41, 5.74) is 2.17. The van der Waals surface area contributed by atoms with E-state index in [4.69, 9.17) is 4.74 Å². The molecule has 0 bridgehead atoms. The summed E-state index contributed by atoms with van der Waals surface area (Å²) in [5, 5.41) is 7.35. The van der Waals surface area contributed by atoms with Crippen LogP contribution in [0.4, 0.5) is 0 Å². The van der Waals surface area contributed by atoms with Gasteiger partial charge in [0.2, 0.25) is 5.91 Å². The van der Waals surface area contributed by atoms with Crippen LogP contribution in [0.5, 0.6) is 0 Å². The van der Waals surface area contributed by atoms with Gasteiger partial charge in [0.15, 0.2) is 5.65 Å². The smallest absolute Gasteiger partial charge is 0.254 e. The van der Waals surface area contributed by atoms with Crippen molar-refractivity contribution in [2.45, 2.75) is 52.4 Å². The van der Waals surface area contributed by atoms with E-state index in [2.05, 4.69) is 16.1 Å². The van der Waals surface area contributed by atoms with Gasteiger partial charge in [0, 0.05) is 42.7 Å². The highest BCUT2D eigenvalue weighted by molar-refractivity contribution is 7.09. The molecule has 3 aromatic rings. The van der Waals surface area contributed by atoms with Gasteiger partial charge in [-0.3, -0.25) is 9.59 Å². The maximum atomic E-state index is 13.5. The summed E-state index contributed by atoms with van der Waals surface area (Å²) in [5.74, 6) is 0.158. The third kappa shape index (κ3) is 4.59. The molecule has 0 aromatic carbocycles. The zero-order chi connectivity index (χ0) is 23.8. The standard InChI is InChI=1S/C25H31N5O3S/c1-16-11-21(22-12-26-30(23(22)27-16)15-20-5-4-10-34-20)25(32)28-8-6-19(7-9-28)24(31)29-13-17(2)33-18(3)14-29/h4-5,10-12,17-19H,6-9,13-15H2,1-3H3. The Morgan fingerprint density at radius 3 is 2.56 bits per heavy atom. The number of morpholine rings is 1. The van der Waals surface area contributed by atoms with E-state index in [-0.39, 0.29) is 29.9 Å². The van der Waals surface area contributed by atoms with E-state index in [0.717, 1.165) is 16.7 Å². The third-order valence-corrected chi connectivity index (χ3v) is 7.58. The first-order chi connectivity index (χ1) is 16.4. The Labute approximate surface area is 203 Å². The zero-order valence-electron chi connectivity index (χ0n) is 19.9. The lowest BCUT2D eigenvalue weighted by Crippen LogP contribution is -2.51. The predicted octanol–water partition coefficient (Wildman–Crippen LogP) is 3.34. The molecular weight excluding hydrogens is 450 g/mol. The van der Waals surface area contributed by atoms with Crippen LogP contribution in [-0.4, -0.2) is 74.8 Å². The van der Waals surface area contributed by atoms with Crippen LogP contribution in [0.25, 0.3) is 11.0 Å². The first-order valence-corrected chi connectivity index (χ1v) is 12.9. The second kappa shape index (κ2) is 9.46. The largest absolute Gasteiger partial charge is 0.372 e. The van der Waals surface area contributed by atoms with Crippen LogP contribution in [-0.2, 0) is 16.1 Å². The van der Waals surface area contributed by atoms with Gasteiger partial charge >= 0.3 is 0 Å². The molecule has 0 saturated carbocycles. The first-order valence-electron chi connectivity index (χ1n) is 12.0. The first kappa shape index (κ1) is 23.0. The number of carbonyl (C=O) groups excluding carboxylic acids is 2. The van der Waals surface area contributed by atoms with E-state index in [0.29, 0.717) is 51.1 Å². The Hall–Kier alpha value is -2.78. The molecule has 180 valence electrons. The van der Waals surface area contributed by atoms with Gasteiger partial charge in [-0.05, 0) is 51.1 Å². The SMILES string of the molecule is Cc1cc(C(=O)N2CCC(C(=O)N3CC(C)OC(C)C3)CC2)c2cnn(Cc3cccs3)c2n1. The van der Waals surface area contributed by atoms with Crippen molar-refractivity contribution < 1.29 is 14.3 Å². The number of hydrogen-bond donors (Lipinski definition) is 0. The van der Waals surface area contributed by atoms with E-state index >= 15 is 0 Å². The monoisotopic (exact) mass is 481 g/mol. The summed E-state index contributed by atoms with van der Waals surface area (Å²) in [4.78, 5) is 36.3. The molecule has 2 amide bonds. The van der Waals surface area contributed by atoms with Crippen molar-refractivity contribution in [3.63, 3.8) is 0 Å². The predicted molar refractivity (Wildman–Crippen MR) is 131 cm³/mol. The fourth-order valence-corrected chi connectivity index (χ4v) is 5.82. The molecule has 0 aliphatic carbocycles. The molecule has 2 unspecified atom stereocenters. The van der Waals surface area contributed by atoms with Crippen molar-refractivity contribution in [3.05, 3.63) is 45.9 Å². The molecule has 2 atom stereocenters. The molecule has 8 nitrogen and oxygen atoms in total. The van der Waals surface area contributed by atoms with Gasteiger partial charge < -0.3 is 14.5 Å². The number of likely N-dealkylation sites (tertiary alicyclic amines) is 1. The minimum absolute atomic E-state index is 0.00862. The molecule has 5 rings (SSSR count). The van der Waals surface area contributed by atoms with Crippen molar-refractivity contribution in [2.75, 3.05) is 26.2 Å². The van der Waals surface area contributed by atoms with Gasteiger partial charge in [0.25, 0.3) is 5.91 Å². The van der Waals surface area contributed by atoms with E-state index in [1.54, 1.807) is 17.5 Å². The molecule has 5 heterocycles. The number of pyridine rings is 1. The van der Waals surface area contributed by atoms with Gasteiger partial charge in [0.1, 0.15) is 0 Å². The van der Waals surface area contributed by atoms with Crippen LogP contribution in [0.15, 0.2) is 29.8 Å². The molecular formula is C25H31N5O3S. The summed E-state index contributed by atoms with van der Waals surface area (Å²) in [6, 6.07) is 5.95. The summed E-state index contributed by atoms with van der Waals surface area (Å²) < 4.78 is 7.63. The third-order valence-electron chi connectivity index (χ3n) is 6.72. The quantitative estimate of drug-likeness (QED) is 0.571. The average molecular weight is 482 g/mol. The minimum atomic E-state index is -0.0331. The van der Waals surface area contributed by atoms with Crippen LogP contribution in [0.2, 0.25) is 0 Å². The van der Waals surface area contributed by atoms with Crippen molar-refractivity contribution >= 4 is 34.2 Å². The molecule has 0 radical (unpaired) electrons. The molecule has 9 heteroatoms. The number of piperidine rings is 1. The highest BCUT2D eigenvalue weighted by Crippen LogP contribution is 2.26. The number of fused-ring (bicyclic) bond motifs is 1. The summed E-state index contributed by atoms with van der Waals surface area (Å²) in [7, 11) is 0. The van der Waals surface area contributed by atoms with Crippen molar-refractivity contribution in [3.8, 4) is 0 Å². The topological polar surface area (TPSA) is 80.6 Å². The molecule has 2 aliphatic rings. The Bertz CT molecular complexity index is 1170. The molecule has 2 saturated heterocycles. The second-order valence-electron chi connectivity index (χ2n) is 9.50. The van der Waals surface area contributed by atoms with Crippen LogP contribution < -0.4 is 0 Å². The molecule has 34 heavy (non-hydrogen) atoms. The maximum absolute atomic E-state index is 13.5. The fourth-order valence-electron chi connectivity index (χ4n) is 5.13. The lowest BCUT2D eigenvalue weighted by atomic mass is 9.94. The molecule has 0 spiro atoms. The summed E-state index contributed by atoms with van der Waals surface area (Å²) in [6.45, 7) is 9.02. The fraction of sp³-hybridized carbons (Fsp3) is 0.520. The molecule has 2 aliphatic heterocycles. The normalized spacial score (nSPS) is 21.9. The Morgan fingerprint density at radius 1 is 1.15 bits per heavy atom. The van der Waals surface area contributed by atoms with Crippen LogP contribution in [0, 0.1) is 12.8 Å². The molecule has 0 N–H and O–H groups in total. The average Bonchev–Trinajstić information content (AvgIpc) is 3.48. The minimum Gasteiger partial charge on any atom is -0.372 e. The number of ether oxygens (including phenoxy) is 1. The van der Waals surface area contributed by atoms with Gasteiger partial charge in [-0.15, -0.1) is 11.3 Å². The number of aryl methyl sites for hydroxylation is 1. The number of nitrogens with zero attached hydrogens (tertiary/aromatic N) is 5. The highest BCUT2D eigenvalue weighted by atomic mass is 32.1. The van der Waals surface area contributed by atoms with E-state index < -0.39 is 0 Å². The summed E-state index contributed by atoms with van der Waals surface area (Å²) >= 11 is 1.68. The lowest BCUT2D eigenvalue weighted by Gasteiger charge is -2.39. The van der Waals surface area contributed by atoms with E-state index in [1.165, 1.54) is 4.88 Å². The van der Waals surface area contributed by atoms with Crippen molar-refractivity contribution in [1.29, 1.82) is 0 Å². The molecule has 2 fully saturated rings. The van der Waals surface area contributed by atoms with Gasteiger partial charge in [-0.2, -0.15) is 5.10 Å². The van der Waals surface area contributed by atoms with E-state index in [9.17, 15) is 9.59 Å². The van der Waals surface area contributed by atoms with Crippen LogP contribution >= 0.6 is 11.3 Å². The zero-order valence-corrected chi connectivity index (χ0v) is 20.8. The number of amides is 2. The van der Waals surface area contributed by atoms with Crippen molar-refractivity contribution in [2.24, 2.45) is 5.92 Å². The number of rotatable bonds is 4. The van der Waals surface area contributed by atoms with Crippen LogP contribution in [0.3, 0.4) is 0 Å². The van der Waals surface area contributed by atoms with Gasteiger partial charge in [0.05, 0.1) is 35.9 Å². The summed E-state index contributed by atoms with van der Waals surface area (Å²) in [6.07, 6.45) is 3.25. The number of thiophene rings is 1. The molecule has 3 aromatic heterocycles. The Kier molecular flexibility index (Phi) is 6.40. The Balaban J connectivity index is 1.29. The van der Waals surface area contributed by atoms with Crippen molar-refractivity contribution in [1.82, 2.24) is 24.6 Å². The number of hydrogen-bond acceptors (Lipinski definition) is 6. The van der Waals surface area contributed by atoms with Gasteiger partial charge in [-0.25, -0.2) is 9.67 Å². The lowest BCUT2D eigenvalue weighted by molar-refractivity contribution is -0.148. The number of aromatic nitrogens is 3. The van der Waals surface area contributed by atoms with Gasteiger partial charge in [-0.1, -0.05) is 6.07 Å². The van der Waals surface area contributed by atoms with E-state index in [1.807, 2.05) is 52.8 Å².